The van der Waals surface area contributed by atoms with E-state index in [0.29, 0.717) is 16.5 Å². The summed E-state index contributed by atoms with van der Waals surface area (Å²) in [5, 5.41) is -0.228. The van der Waals surface area contributed by atoms with Crippen LogP contribution >= 0.6 is 35.3 Å². The number of thioether (sulfide) groups is 3. The molecule has 1 aromatic carbocycles. The molecular formula is C19H14F3N3O5S3. The van der Waals surface area contributed by atoms with Crippen molar-refractivity contribution in [1.29, 1.82) is 0 Å². The van der Waals surface area contributed by atoms with Gasteiger partial charge in [0, 0.05) is 21.1 Å². The lowest BCUT2D eigenvalue weighted by atomic mass is 10.1. The number of benzene rings is 1. The van der Waals surface area contributed by atoms with E-state index in [2.05, 4.69) is 4.98 Å². The van der Waals surface area contributed by atoms with E-state index in [9.17, 15) is 27.6 Å². The van der Waals surface area contributed by atoms with Crippen LogP contribution in [0.15, 0.2) is 56.6 Å². The van der Waals surface area contributed by atoms with Crippen LogP contribution in [0.2, 0.25) is 0 Å². The van der Waals surface area contributed by atoms with Gasteiger partial charge in [-0.25, -0.2) is 9.78 Å². The van der Waals surface area contributed by atoms with Crippen LogP contribution in [0.5, 0.6) is 0 Å². The molecular weight excluding hydrogens is 503 g/mol. The molecule has 8 nitrogen and oxygen atoms in total. The summed E-state index contributed by atoms with van der Waals surface area (Å²) in [5.74, 6) is -2.51. The largest absolute Gasteiger partial charge is 0.445 e. The molecule has 0 saturated carbocycles. The Morgan fingerprint density at radius 3 is 2.70 bits per heavy atom. The molecule has 0 spiro atoms. The molecule has 0 unspecified atom stereocenters. The number of fused-ring (bicyclic) bond motifs is 1. The van der Waals surface area contributed by atoms with E-state index in [1.165, 1.54) is 40.9 Å². The Morgan fingerprint density at radius 1 is 1.30 bits per heavy atom. The van der Waals surface area contributed by atoms with Crippen molar-refractivity contribution in [2.45, 2.75) is 22.2 Å². The molecule has 2 amide bonds. The van der Waals surface area contributed by atoms with Gasteiger partial charge in [0.05, 0.1) is 23.7 Å². The number of hydroxylamine groups is 1. The van der Waals surface area contributed by atoms with Crippen molar-refractivity contribution in [3.8, 4) is 11.5 Å². The van der Waals surface area contributed by atoms with Crippen LogP contribution in [-0.2, 0) is 19.2 Å². The van der Waals surface area contributed by atoms with Crippen molar-refractivity contribution in [2.24, 2.45) is 0 Å². The average molecular weight is 518 g/mol. The minimum absolute atomic E-state index is 0.0273. The standard InChI is InChI=1S/C19H14F3N3O5S3/c20-19(21,22)32-9-13(26)24-30-18(28)16-12(8-31-15-7-14(27)25(15)16)33-11-3-1-10(2-4-11)17-23-5-6-29-17/h1-6,15H,7-9H2,(H,24,26)/t15-/m0/s1. The molecule has 2 aliphatic rings. The third kappa shape index (κ3) is 5.68. The zero-order valence-electron chi connectivity index (χ0n) is 16.5. The lowest BCUT2D eigenvalue weighted by Crippen LogP contribution is -2.54. The first kappa shape index (κ1) is 23.6. The predicted octanol–water partition coefficient (Wildman–Crippen LogP) is 3.78. The van der Waals surface area contributed by atoms with Crippen molar-refractivity contribution in [2.75, 3.05) is 11.5 Å². The Labute approximate surface area is 197 Å². The molecule has 4 rings (SSSR count). The molecule has 2 aliphatic heterocycles. The van der Waals surface area contributed by atoms with Crippen LogP contribution in [0, 0.1) is 0 Å². The second-order valence-electron chi connectivity index (χ2n) is 6.62. The monoisotopic (exact) mass is 517 g/mol. The molecule has 174 valence electrons. The van der Waals surface area contributed by atoms with E-state index in [0.717, 1.165) is 10.5 Å². The fourth-order valence-electron chi connectivity index (χ4n) is 2.96. The maximum absolute atomic E-state index is 12.7. The third-order valence-corrected chi connectivity index (χ3v) is 7.64. The highest BCUT2D eigenvalue weighted by molar-refractivity contribution is 8.06. The van der Waals surface area contributed by atoms with E-state index in [1.807, 2.05) is 0 Å². The summed E-state index contributed by atoms with van der Waals surface area (Å²) in [6, 6.07) is 7.17. The van der Waals surface area contributed by atoms with Gasteiger partial charge in [-0.1, -0.05) is 11.8 Å². The average Bonchev–Trinajstić information content (AvgIpc) is 3.31. The fraction of sp³-hybridized carbons (Fsp3) is 0.263. The van der Waals surface area contributed by atoms with E-state index < -0.39 is 34.9 Å². The van der Waals surface area contributed by atoms with Crippen LogP contribution in [0.25, 0.3) is 11.5 Å². The second kappa shape index (κ2) is 9.73. The number of hydrogen-bond acceptors (Lipinski definition) is 9. The first-order chi connectivity index (χ1) is 15.7. The maximum atomic E-state index is 12.7. The molecule has 1 atom stereocenters. The highest BCUT2D eigenvalue weighted by Gasteiger charge is 2.46. The third-order valence-electron chi connectivity index (χ3n) is 4.41. The minimum atomic E-state index is -4.59. The molecule has 0 bridgehead atoms. The number of oxazole rings is 1. The number of carbonyl (C=O) groups is 3. The molecule has 1 fully saturated rings. The number of amides is 2. The fourth-order valence-corrected chi connectivity index (χ4v) is 5.70. The molecule has 3 heterocycles. The topological polar surface area (TPSA) is 102 Å². The number of β-lactam (4-membered cyclic amide) rings is 1. The Bertz CT molecular complexity index is 1090. The molecule has 1 saturated heterocycles. The molecule has 2 aromatic rings. The lowest BCUT2D eigenvalue weighted by molar-refractivity contribution is -0.158. The summed E-state index contributed by atoms with van der Waals surface area (Å²) in [4.78, 5) is 47.8. The van der Waals surface area contributed by atoms with Gasteiger partial charge in [0.2, 0.25) is 11.8 Å². The van der Waals surface area contributed by atoms with Crippen LogP contribution in [0.1, 0.15) is 6.42 Å². The summed E-state index contributed by atoms with van der Waals surface area (Å²) in [6.07, 6.45) is 3.25. The Kier molecular flexibility index (Phi) is 6.95. The zero-order valence-corrected chi connectivity index (χ0v) is 18.9. The summed E-state index contributed by atoms with van der Waals surface area (Å²) >= 11 is 2.17. The molecule has 14 heteroatoms. The van der Waals surface area contributed by atoms with E-state index in [-0.39, 0.29) is 23.4 Å². The number of halogens is 3. The molecule has 1 N–H and O–H groups in total. The SMILES string of the molecule is O=C(CSC(F)(F)F)NOC(=O)C1=C(Sc2ccc(-c3ncco3)cc2)CS[C@H]2CC(=O)N12. The van der Waals surface area contributed by atoms with Gasteiger partial charge in [0.25, 0.3) is 5.91 Å². The van der Waals surface area contributed by atoms with Crippen LogP contribution in [0.3, 0.4) is 0 Å². The van der Waals surface area contributed by atoms with E-state index >= 15 is 0 Å². The number of hydrogen-bond donors (Lipinski definition) is 1. The lowest BCUT2D eigenvalue weighted by Gasteiger charge is -2.44. The Morgan fingerprint density at radius 2 is 2.06 bits per heavy atom. The van der Waals surface area contributed by atoms with Gasteiger partial charge in [0.15, 0.2) is 0 Å². The van der Waals surface area contributed by atoms with Gasteiger partial charge in [-0.3, -0.25) is 14.5 Å². The smallest absolute Gasteiger partial charge is 0.442 e. The molecule has 1 aromatic heterocycles. The van der Waals surface area contributed by atoms with Gasteiger partial charge >= 0.3 is 11.5 Å². The van der Waals surface area contributed by atoms with Crippen LogP contribution in [0.4, 0.5) is 13.2 Å². The Hall–Kier alpha value is -2.58. The minimum Gasteiger partial charge on any atom is -0.445 e. The molecule has 0 radical (unpaired) electrons. The summed E-state index contributed by atoms with van der Waals surface area (Å²) in [5.41, 5.74) is -2.14. The normalized spacial score (nSPS) is 18.0. The number of rotatable bonds is 6. The first-order valence-corrected chi connectivity index (χ1v) is 12.1. The van der Waals surface area contributed by atoms with Crippen LogP contribution in [-0.4, -0.2) is 50.1 Å². The van der Waals surface area contributed by atoms with E-state index in [1.54, 1.807) is 29.7 Å². The molecule has 0 aliphatic carbocycles. The van der Waals surface area contributed by atoms with Crippen molar-refractivity contribution in [3.63, 3.8) is 0 Å². The number of aromatic nitrogens is 1. The van der Waals surface area contributed by atoms with Crippen molar-refractivity contribution in [3.05, 3.63) is 47.3 Å². The number of carbonyl (C=O) groups excluding carboxylic acids is 3. The summed E-state index contributed by atoms with van der Waals surface area (Å²) in [7, 11) is 0. The highest BCUT2D eigenvalue weighted by atomic mass is 32.2. The zero-order chi connectivity index (χ0) is 23.6. The van der Waals surface area contributed by atoms with Gasteiger partial charge in [0.1, 0.15) is 12.0 Å². The second-order valence-corrected chi connectivity index (χ2v) is 9.99. The maximum Gasteiger partial charge on any atom is 0.442 e. The van der Waals surface area contributed by atoms with Crippen molar-refractivity contribution in [1.82, 2.24) is 15.4 Å². The van der Waals surface area contributed by atoms with Crippen LogP contribution < -0.4 is 5.48 Å². The van der Waals surface area contributed by atoms with Gasteiger partial charge in [-0.05, 0) is 36.0 Å². The number of nitrogens with zero attached hydrogens (tertiary/aromatic N) is 2. The van der Waals surface area contributed by atoms with Crippen molar-refractivity contribution >= 4 is 53.1 Å². The van der Waals surface area contributed by atoms with Gasteiger partial charge in [-0.15, -0.1) is 11.8 Å². The quantitative estimate of drug-likeness (QED) is 0.453. The number of alkyl halides is 3. The Balaban J connectivity index is 1.48. The first-order valence-electron chi connectivity index (χ1n) is 9.26. The number of nitrogens with one attached hydrogen (secondary N) is 1. The van der Waals surface area contributed by atoms with Crippen molar-refractivity contribution < 1.29 is 36.8 Å². The molecule has 33 heavy (non-hydrogen) atoms. The predicted molar refractivity (Wildman–Crippen MR) is 115 cm³/mol. The van der Waals surface area contributed by atoms with Gasteiger partial charge < -0.3 is 9.25 Å². The highest BCUT2D eigenvalue weighted by Crippen LogP contribution is 2.45. The summed E-state index contributed by atoms with van der Waals surface area (Å²) in [6.45, 7) is 0. The summed E-state index contributed by atoms with van der Waals surface area (Å²) < 4.78 is 41.9. The van der Waals surface area contributed by atoms with E-state index in [4.69, 9.17) is 9.25 Å². The van der Waals surface area contributed by atoms with Gasteiger partial charge in [-0.2, -0.15) is 18.7 Å².